The molecule has 1 saturated heterocycles. The van der Waals surface area contributed by atoms with Crippen LogP contribution in [0.1, 0.15) is 28.5 Å². The molecule has 1 heterocycles. The summed E-state index contributed by atoms with van der Waals surface area (Å²) < 4.78 is 22.5. The SMILES string of the molecule is O=P(O)(O)C1(P(=O)(O)O)CCCCCN1.[H-].[H-].[Na+].[Na+]. The van der Waals surface area contributed by atoms with Gasteiger partial charge in [0.15, 0.2) is 0 Å². The van der Waals surface area contributed by atoms with Gasteiger partial charge in [-0.25, -0.2) is 0 Å². The largest absolute Gasteiger partial charge is 1.00 e. The third-order valence-corrected chi connectivity index (χ3v) is 6.83. The van der Waals surface area contributed by atoms with Crippen molar-refractivity contribution in [2.24, 2.45) is 0 Å². The predicted octanol–water partition coefficient (Wildman–Crippen LogP) is -5.61. The minimum absolute atomic E-state index is 0. The Bertz CT molecular complexity index is 306. The van der Waals surface area contributed by atoms with Crippen molar-refractivity contribution in [3.05, 3.63) is 0 Å². The maximum Gasteiger partial charge on any atom is 1.00 e. The van der Waals surface area contributed by atoms with Gasteiger partial charge < -0.3 is 22.4 Å². The van der Waals surface area contributed by atoms with Crippen LogP contribution in [0.3, 0.4) is 0 Å². The molecule has 5 N–H and O–H groups in total. The van der Waals surface area contributed by atoms with Crippen molar-refractivity contribution in [1.82, 2.24) is 5.32 Å². The Hall–Kier alpha value is 2.26. The Kier molecular flexibility index (Phi) is 10.0. The van der Waals surface area contributed by atoms with Gasteiger partial charge in [-0.3, -0.25) is 14.4 Å². The van der Waals surface area contributed by atoms with Crippen LogP contribution < -0.4 is 64.4 Å². The van der Waals surface area contributed by atoms with Crippen molar-refractivity contribution >= 4 is 15.2 Å². The van der Waals surface area contributed by atoms with Crippen LogP contribution in [-0.2, 0) is 9.13 Å². The second-order valence-electron chi connectivity index (χ2n) is 3.64. The fourth-order valence-electron chi connectivity index (χ4n) is 1.72. The molecule has 0 aromatic heterocycles. The summed E-state index contributed by atoms with van der Waals surface area (Å²) in [6.45, 7) is 0.205. The Balaban J connectivity index is -0.000000281. The van der Waals surface area contributed by atoms with Crippen molar-refractivity contribution in [3.63, 3.8) is 0 Å². The summed E-state index contributed by atoms with van der Waals surface area (Å²) in [5.74, 6) is 0. The second-order valence-corrected chi connectivity index (χ2v) is 7.70. The van der Waals surface area contributed by atoms with Gasteiger partial charge in [-0.2, -0.15) is 0 Å². The summed E-state index contributed by atoms with van der Waals surface area (Å²) in [7, 11) is -9.79. The van der Waals surface area contributed by atoms with Crippen LogP contribution in [0.2, 0.25) is 0 Å². The molecule has 0 aromatic carbocycles. The zero-order valence-corrected chi connectivity index (χ0v) is 15.8. The molecule has 0 saturated carbocycles. The molecular weight excluding hydrogens is 290 g/mol. The molecule has 7 nitrogen and oxygen atoms in total. The molecule has 0 unspecified atom stereocenters. The average molecular weight is 307 g/mol. The number of nitrogens with one attached hydrogen (secondary N) is 1. The number of hydrogen-bond acceptors (Lipinski definition) is 3. The van der Waals surface area contributed by atoms with E-state index in [9.17, 15) is 9.13 Å². The Morgan fingerprint density at radius 1 is 0.941 bits per heavy atom. The second kappa shape index (κ2) is 7.89. The van der Waals surface area contributed by atoms with E-state index in [1.165, 1.54) is 0 Å². The summed E-state index contributed by atoms with van der Waals surface area (Å²) in [5.41, 5.74) is 0. The van der Waals surface area contributed by atoms with Crippen molar-refractivity contribution in [3.8, 4) is 0 Å². The molecule has 0 amide bonds. The average Bonchev–Trinajstić information content (AvgIpc) is 2.25. The first-order valence-electron chi connectivity index (χ1n) is 4.57. The van der Waals surface area contributed by atoms with E-state index in [0.29, 0.717) is 19.3 Å². The van der Waals surface area contributed by atoms with Gasteiger partial charge in [-0.1, -0.05) is 12.8 Å². The van der Waals surface area contributed by atoms with Crippen LogP contribution in [0.15, 0.2) is 0 Å². The minimum Gasteiger partial charge on any atom is -1.00 e. The van der Waals surface area contributed by atoms with E-state index >= 15 is 0 Å². The molecule has 0 atom stereocenters. The van der Waals surface area contributed by atoms with Gasteiger partial charge in [0.05, 0.1) is 0 Å². The monoisotopic (exact) mass is 307 g/mol. The molecular formula is C6H17NNa2O6P2. The third kappa shape index (κ3) is 4.94. The molecule has 1 rings (SSSR count). The summed E-state index contributed by atoms with van der Waals surface area (Å²) in [6.07, 6.45) is 1.54. The van der Waals surface area contributed by atoms with Gasteiger partial charge in [-0.05, 0) is 19.4 Å². The van der Waals surface area contributed by atoms with Crippen molar-refractivity contribution in [1.29, 1.82) is 0 Å². The topological polar surface area (TPSA) is 127 Å². The van der Waals surface area contributed by atoms with Crippen molar-refractivity contribution in [2.45, 2.75) is 30.7 Å². The van der Waals surface area contributed by atoms with Gasteiger partial charge >= 0.3 is 74.3 Å². The van der Waals surface area contributed by atoms with Crippen molar-refractivity contribution < 1.29 is 90.7 Å². The molecule has 0 bridgehead atoms. The first-order valence-corrected chi connectivity index (χ1v) is 7.79. The van der Waals surface area contributed by atoms with E-state index in [2.05, 4.69) is 5.32 Å². The minimum atomic E-state index is -4.90. The van der Waals surface area contributed by atoms with Crippen LogP contribution in [0.25, 0.3) is 0 Å². The maximum atomic E-state index is 11.2. The van der Waals surface area contributed by atoms with Crippen LogP contribution in [0.4, 0.5) is 0 Å². The van der Waals surface area contributed by atoms with Gasteiger partial charge in [0.2, 0.25) is 5.02 Å². The standard InChI is InChI=1S/C6H15NO6P2.2Na.2H/c8-14(9,10)6(15(11,12)13)4-2-1-3-5-7-6;;;;/h7H,1-5H2,(H2,8,9,10)(H2,11,12,13);;;;/q;2*+1;2*-1. The summed E-state index contributed by atoms with van der Waals surface area (Å²) in [6, 6.07) is 0. The molecule has 11 heteroatoms. The zero-order chi connectivity index (χ0) is 11.7. The molecule has 94 valence electrons. The first-order chi connectivity index (χ1) is 6.71. The normalized spacial score (nSPS) is 20.7. The van der Waals surface area contributed by atoms with E-state index in [1.54, 1.807) is 0 Å². The third-order valence-electron chi connectivity index (χ3n) is 2.57. The molecule has 1 aliphatic rings. The summed E-state index contributed by atoms with van der Waals surface area (Å²) in [5, 5.41) is -0.0297. The molecule has 0 spiro atoms. The Morgan fingerprint density at radius 3 is 1.82 bits per heavy atom. The molecule has 0 aliphatic carbocycles. The Morgan fingerprint density at radius 2 is 1.41 bits per heavy atom. The van der Waals surface area contributed by atoms with E-state index in [0.717, 1.165) is 0 Å². The van der Waals surface area contributed by atoms with Gasteiger partial charge in [0.1, 0.15) is 0 Å². The van der Waals surface area contributed by atoms with Crippen LogP contribution in [0.5, 0.6) is 0 Å². The molecule has 1 aliphatic heterocycles. The van der Waals surface area contributed by atoms with Crippen molar-refractivity contribution in [2.75, 3.05) is 6.54 Å². The van der Waals surface area contributed by atoms with Crippen LogP contribution in [-0.4, -0.2) is 31.1 Å². The maximum absolute atomic E-state index is 11.2. The molecule has 17 heavy (non-hydrogen) atoms. The number of rotatable bonds is 2. The van der Waals surface area contributed by atoms with E-state index < -0.39 is 20.2 Å². The molecule has 1 fully saturated rings. The Labute approximate surface area is 147 Å². The zero-order valence-electron chi connectivity index (χ0n) is 12.0. The van der Waals surface area contributed by atoms with E-state index in [4.69, 9.17) is 19.6 Å². The summed E-state index contributed by atoms with van der Waals surface area (Å²) >= 11 is 0. The van der Waals surface area contributed by atoms with Crippen LogP contribution >= 0.6 is 15.2 Å². The molecule has 0 radical (unpaired) electrons. The fourth-order valence-corrected chi connectivity index (χ4v) is 4.61. The van der Waals surface area contributed by atoms with Gasteiger partial charge in [0, 0.05) is 0 Å². The van der Waals surface area contributed by atoms with E-state index in [-0.39, 0.29) is 74.9 Å². The molecule has 0 aromatic rings. The van der Waals surface area contributed by atoms with Crippen LogP contribution in [0, 0.1) is 0 Å². The van der Waals surface area contributed by atoms with Gasteiger partial charge in [0.25, 0.3) is 0 Å². The summed E-state index contributed by atoms with van der Waals surface area (Å²) in [4.78, 5) is 36.4. The smallest absolute Gasteiger partial charge is 1.00 e. The van der Waals surface area contributed by atoms with E-state index in [1.807, 2.05) is 0 Å². The quantitative estimate of drug-likeness (QED) is 0.254. The first kappa shape index (κ1) is 21.6. The van der Waals surface area contributed by atoms with Gasteiger partial charge in [-0.15, -0.1) is 0 Å². The predicted molar refractivity (Wildman–Crippen MR) is 55.5 cm³/mol. The fraction of sp³-hybridized carbons (Fsp3) is 1.00. The number of hydrogen-bond donors (Lipinski definition) is 5.